The zero-order valence-corrected chi connectivity index (χ0v) is 69.3. The second kappa shape index (κ2) is 67.6. The van der Waals surface area contributed by atoms with Crippen LogP contribution in [0.5, 0.6) is 0 Å². The minimum Gasteiger partial charge on any atom is -0.456 e. The number of allylic oxidation sites excluding steroid dienone is 4. The highest BCUT2D eigenvalue weighted by Gasteiger charge is 2.57. The lowest BCUT2D eigenvalue weighted by Crippen LogP contribution is -2.64. The van der Waals surface area contributed by atoms with Crippen LogP contribution in [0.15, 0.2) is 59.7 Å². The number of amides is 1. The predicted octanol–water partition coefficient (Wildman–Crippen LogP) is 13.9. The number of ketones is 2. The summed E-state index contributed by atoms with van der Waals surface area (Å²) in [6.07, 6.45) is 17.0. The zero-order valence-electron chi connectivity index (χ0n) is 69.3. The van der Waals surface area contributed by atoms with Gasteiger partial charge in [0.1, 0.15) is 24.0 Å². The van der Waals surface area contributed by atoms with E-state index in [0.29, 0.717) is 56.9 Å². The molecule has 1 saturated carbocycles. The number of nitrogens with zero attached hydrogens (tertiary/aromatic N) is 1. The summed E-state index contributed by atoms with van der Waals surface area (Å²) in [5, 5.41) is 75.4. The van der Waals surface area contributed by atoms with Gasteiger partial charge < -0.3 is 43.9 Å². The molecule has 0 aromatic heterocycles. The molecule has 126 heavy (non-hydrogen) atoms. The first-order chi connectivity index (χ1) is 61.3. The fourth-order valence-electron chi connectivity index (χ4n) is 11.7. The van der Waals surface area contributed by atoms with E-state index in [4.69, 9.17) is 47.0 Å². The summed E-state index contributed by atoms with van der Waals surface area (Å²) in [7, 11) is 4.63. The Labute approximate surface area is 786 Å². The molecule has 0 spiro atoms. The second-order valence-electron chi connectivity index (χ2n) is 25.6. The molecule has 1 amide bonds. The van der Waals surface area contributed by atoms with E-state index >= 15 is 0 Å². The standard InChI is InChI=1S/C50H73NO12.C50H2.H3NO12.35H2/c1-30-23-31(2)25-43(60-7)46-44(61-8)27-33(4)50(58,63-46)47(55)48(56)51-22-13-12-19-38(51)49(57)62-45(32(3)26-36-20-21-39(52)42(28-36)59-6)34(5)40(53)29-41(54)37(24-30)18-14-17-35-15-10-9-11-16-35;1-3-5-7-9-11-13-15-17-19-21-23-25-27-29-31-33-35-37-39-41-43-45-47-49-50-48-46-44-42-40-38-36-34-32-30-28-26-24-22-20-18-16-14-12-10-8-6-4-2;2-6-10-12-8-4-1-5-9-13-11-7-3;;;;;;;;;;;;;;;;;;;;;;;;;;;;;;;;;;;/h9-11,14-17,24,26,31,33-34,36-40,42-46,52-53,58H,12-13,18-23,25,27-29H2,1-8H3;1-2H;1-3H;35*1H/b17-14+,30-24+,32-26+;;;;;;;;;;;;;;;;;;;;;;;;;;;;;;;;;;;;;/t31-,33+,34+,36-,37+,38-,39+,40-,42+,43-,44-,45+,46+,50+;;;;;;;;;;;;;;;;;;;;;;;;;;;;;;;;;;;;;/m0...................................../s1. The summed E-state index contributed by atoms with van der Waals surface area (Å²) in [6.45, 7) is 9.32. The quantitative estimate of drug-likeness (QED) is 0.0151. The van der Waals surface area contributed by atoms with Crippen molar-refractivity contribution in [2.45, 2.75) is 160 Å². The lowest BCUT2D eigenvalue weighted by atomic mass is 9.81. The van der Waals surface area contributed by atoms with Gasteiger partial charge in [0.25, 0.3) is 11.7 Å². The molecule has 26 heteroatoms. The Morgan fingerprint density at radius 2 is 0.944 bits per heavy atom. The van der Waals surface area contributed by atoms with Crippen molar-refractivity contribution in [2.75, 3.05) is 27.9 Å². The molecule has 2 saturated heterocycles. The molecule has 1 aromatic rings. The summed E-state index contributed by atoms with van der Waals surface area (Å²) in [6, 6.07) is 8.67. The third kappa shape index (κ3) is 45.5. The Morgan fingerprint density at radius 3 is 1.35 bits per heavy atom. The number of Topliss-reactive ketones (excluding diaryl/α,β-unsaturated/α-hetero) is 2. The number of rotatable bonds is 18. The van der Waals surface area contributed by atoms with Crippen molar-refractivity contribution in [3.8, 4) is 297 Å². The number of cyclic esters (lactones) is 1. The smallest absolute Gasteiger partial charge is 0.329 e. The fraction of sp³-hybridized carbons (Fsp3) is 0.340. The zero-order chi connectivity index (χ0) is 91.7. The molecule has 5 rings (SSSR count). The average molecular weight is 1760 g/mol. The summed E-state index contributed by atoms with van der Waals surface area (Å²) in [4.78, 5) is 65.9. The molecule has 14 atom stereocenters. The number of fused-ring (bicyclic) bond motifs is 3. The lowest BCUT2D eigenvalue weighted by Gasteiger charge is -2.47. The van der Waals surface area contributed by atoms with Crippen LogP contribution in [0.1, 0.15) is 161 Å². The largest absolute Gasteiger partial charge is 0.456 e. The van der Waals surface area contributed by atoms with Crippen molar-refractivity contribution in [2.24, 2.45) is 29.6 Å². The highest BCUT2D eigenvalue weighted by Crippen LogP contribution is 2.40. The van der Waals surface area contributed by atoms with E-state index in [2.05, 4.69) is 341 Å². The molecule has 2 bridgehead atoms. The summed E-state index contributed by atoms with van der Waals surface area (Å²) >= 11 is 0. The van der Waals surface area contributed by atoms with E-state index in [9.17, 15) is 34.5 Å². The maximum absolute atomic E-state index is 14.5. The number of piperidine rings is 1. The van der Waals surface area contributed by atoms with Crippen molar-refractivity contribution in [3.63, 3.8) is 0 Å². The molecular formula is C100H148N2O24. The van der Waals surface area contributed by atoms with E-state index in [1.807, 2.05) is 68.5 Å². The number of benzene rings is 1. The predicted molar refractivity (Wildman–Crippen MR) is 528 cm³/mol. The number of ether oxygens (including phenoxy) is 5. The van der Waals surface area contributed by atoms with E-state index < -0.39 is 83.9 Å². The number of nitrogens with one attached hydrogen (secondary N) is 1. The minimum absolute atomic E-state index is 0. The molecule has 3 heterocycles. The van der Waals surface area contributed by atoms with Crippen LogP contribution in [0.3, 0.4) is 0 Å². The Bertz CT molecular complexity index is 5680. The molecule has 6 N–H and O–H groups in total. The van der Waals surface area contributed by atoms with Gasteiger partial charge in [-0.2, -0.15) is 0 Å². The first-order valence-electron chi connectivity index (χ1n) is 37.4. The van der Waals surface area contributed by atoms with Crippen molar-refractivity contribution < 1.29 is 169 Å². The number of terminal acetylenes is 2. The van der Waals surface area contributed by atoms with Gasteiger partial charge in [-0.15, -0.1) is 12.8 Å². The van der Waals surface area contributed by atoms with Crippen LogP contribution in [0.25, 0.3) is 6.08 Å². The van der Waals surface area contributed by atoms with Crippen molar-refractivity contribution in [1.82, 2.24) is 10.5 Å². The highest BCUT2D eigenvalue weighted by molar-refractivity contribution is 6.39. The topological polar surface area (TPSA) is 323 Å². The molecule has 1 aliphatic carbocycles. The van der Waals surface area contributed by atoms with E-state index in [1.54, 1.807) is 21.0 Å². The van der Waals surface area contributed by atoms with Gasteiger partial charge in [-0.25, -0.2) is 15.3 Å². The summed E-state index contributed by atoms with van der Waals surface area (Å²) in [5.41, 5.74) is 3.99. The maximum Gasteiger partial charge on any atom is 0.329 e. The maximum atomic E-state index is 14.5. The number of hydrogen-bond acceptors (Lipinski definition) is 25. The lowest BCUT2D eigenvalue weighted by molar-refractivity contribution is -0.792. The number of aliphatic hydroxyl groups is 3. The molecule has 3 fully saturated rings. The number of carbonyl (C=O) groups excluding carboxylic acids is 4. The molecular weight excluding hydrogens is 1610 g/mol. The molecule has 1 aromatic carbocycles. The molecule has 702 valence electrons. The highest BCUT2D eigenvalue weighted by atomic mass is 17.9. The van der Waals surface area contributed by atoms with Crippen LogP contribution < -0.4 is 5.64 Å². The van der Waals surface area contributed by atoms with Gasteiger partial charge in [0.05, 0.1) is 30.5 Å². The molecule has 0 radical (unpaired) electrons. The van der Waals surface area contributed by atoms with Gasteiger partial charge in [-0.05, 0) is 242 Å². The molecule has 0 unspecified atom stereocenters. The van der Waals surface area contributed by atoms with E-state index in [-0.39, 0.29) is 99.5 Å². The summed E-state index contributed by atoms with van der Waals surface area (Å²) < 4.78 is 30.0. The molecule has 4 aliphatic rings. The minimum atomic E-state index is -2.52. The molecule has 3 aliphatic heterocycles. The number of aliphatic hydroxyl groups excluding tert-OH is 2. The van der Waals surface area contributed by atoms with Gasteiger partial charge in [-0.3, -0.25) is 14.4 Å². The SMILES string of the molecule is C#CC#CC#CC#CC#CC#CC#CC#CC#CC#CC#CC#CC#CC#CC#CC#CC#CC#CC#CC#CC#CC#CC#CC#CC#C.CO[C@H]1C[C@@H](C)C/C(C)=C/[C@@H](C/C=C/c2ccccc2)C(=O)C[C@H](O)[C@@H](C)[C@@H](/C(C)=C/[C@@H]2CC[C@@H](O)[C@H](OC)C2)OC(=O)[C@@H]2CCCCN2C(=O)C(=O)[C@]2(O)O[C@H]1[C@@H](OC)C[C@H]2C.OOOOOONOOOOOO.[HH].[HH].[HH].[HH].[HH].[HH].[HH].[HH].[HH].[HH].[HH].[HH].[HH].[HH].[HH].[HH].[HH].[HH].[HH].[HH].[HH].[HH].[HH].[HH].[HH].[HH].[HH].[HH].[HH].[HH].[HH].[HH].[HH].[HH].[HH]. The van der Waals surface area contributed by atoms with Crippen LogP contribution in [0.2, 0.25) is 0 Å². The van der Waals surface area contributed by atoms with Gasteiger partial charge >= 0.3 is 5.97 Å². The normalized spacial score (nSPS) is 21.8. The van der Waals surface area contributed by atoms with Crippen molar-refractivity contribution >= 4 is 29.5 Å². The number of methoxy groups -OCH3 is 3. The van der Waals surface area contributed by atoms with Gasteiger partial charge in [0, 0.05) is 291 Å². The first-order valence-corrected chi connectivity index (χ1v) is 37.4. The van der Waals surface area contributed by atoms with Gasteiger partial charge in [-0.1, -0.05) is 91.0 Å². The fourth-order valence-corrected chi connectivity index (χ4v) is 11.7. The first kappa shape index (κ1) is 105. The number of esters is 1. The Hall–Kier alpha value is -15.1. The van der Waals surface area contributed by atoms with Crippen molar-refractivity contribution in [1.29, 1.82) is 0 Å². The third-order valence-electron chi connectivity index (χ3n) is 17.2. The third-order valence-corrected chi connectivity index (χ3v) is 17.2. The van der Waals surface area contributed by atoms with Gasteiger partial charge in [0.2, 0.25) is 5.79 Å². The average Bonchev–Trinajstić information content (AvgIpc) is 0.816. The Morgan fingerprint density at radius 1 is 0.532 bits per heavy atom. The van der Waals surface area contributed by atoms with Crippen LogP contribution >= 0.6 is 0 Å². The second-order valence-corrected chi connectivity index (χ2v) is 25.6. The number of carbonyl (C=O) groups is 4. The van der Waals surface area contributed by atoms with E-state index in [1.165, 1.54) is 24.8 Å². The van der Waals surface area contributed by atoms with E-state index in [0.717, 1.165) is 11.1 Å². The van der Waals surface area contributed by atoms with Crippen LogP contribution in [0, 0.1) is 327 Å². The Balaban J connectivity index is -0.0000000498. The van der Waals surface area contributed by atoms with Crippen molar-refractivity contribution in [3.05, 3.63) is 65.3 Å². The van der Waals surface area contributed by atoms with Crippen LogP contribution in [-0.2, 0) is 93.1 Å². The Kier molecular flexibility index (Phi) is 56.4. The van der Waals surface area contributed by atoms with Crippen LogP contribution in [-0.4, -0.2) is 137 Å². The van der Waals surface area contributed by atoms with Crippen LogP contribution in [0.4, 0.5) is 0 Å². The van der Waals surface area contributed by atoms with Gasteiger partial charge in [0.15, 0.2) is 0 Å². The molecule has 26 nitrogen and oxygen atoms in total. The summed E-state index contributed by atoms with van der Waals surface area (Å²) in [5.74, 6) is 110. The number of hydrogen-bond donors (Lipinski definition) is 6. The monoisotopic (exact) mass is 1760 g/mol.